The number of carbonyl (C=O) groups is 1. The van der Waals surface area contributed by atoms with E-state index in [-0.39, 0.29) is 12.1 Å². The number of carbonyl (C=O) groups excluding carboxylic acids is 1. The molecule has 0 aliphatic carbocycles. The van der Waals surface area contributed by atoms with Crippen LogP contribution in [0.15, 0.2) is 42.5 Å². The van der Waals surface area contributed by atoms with Crippen LogP contribution in [0.3, 0.4) is 0 Å². The van der Waals surface area contributed by atoms with Crippen molar-refractivity contribution < 1.29 is 9.53 Å². The van der Waals surface area contributed by atoms with Crippen molar-refractivity contribution in [1.82, 2.24) is 4.90 Å². The molecule has 3 heteroatoms. The van der Waals surface area contributed by atoms with Crippen molar-refractivity contribution in [2.45, 2.75) is 19.4 Å². The van der Waals surface area contributed by atoms with E-state index in [4.69, 9.17) is 4.74 Å². The number of nitrogens with zero attached hydrogens (tertiary/aromatic N) is 1. The molecule has 1 fully saturated rings. The van der Waals surface area contributed by atoms with Gasteiger partial charge in [-0.1, -0.05) is 49.4 Å². The van der Waals surface area contributed by atoms with Crippen LogP contribution in [0, 0.1) is 0 Å². The van der Waals surface area contributed by atoms with Crippen molar-refractivity contribution in [3.8, 4) is 0 Å². The minimum Gasteiger partial charge on any atom is -0.447 e. The van der Waals surface area contributed by atoms with Crippen molar-refractivity contribution in [3.05, 3.63) is 48.0 Å². The molecule has 0 N–H and O–H groups in total. The van der Waals surface area contributed by atoms with Crippen molar-refractivity contribution in [2.24, 2.45) is 0 Å². The van der Waals surface area contributed by atoms with Crippen LogP contribution in [0.5, 0.6) is 0 Å². The zero-order chi connectivity index (χ0) is 12.1. The Bertz CT molecular complexity index is 400. The molecule has 1 aromatic rings. The molecule has 0 radical (unpaired) electrons. The first-order chi connectivity index (χ1) is 8.33. The fourth-order valence-electron chi connectivity index (χ4n) is 1.96. The highest BCUT2D eigenvalue weighted by molar-refractivity contribution is 5.70. The first-order valence-corrected chi connectivity index (χ1v) is 5.96. The number of amides is 1. The Labute approximate surface area is 102 Å². The molecule has 1 amide bonds. The molecule has 1 unspecified atom stereocenters. The molecule has 2 rings (SSSR count). The van der Waals surface area contributed by atoms with Gasteiger partial charge in [0, 0.05) is 6.54 Å². The normalized spacial score (nSPS) is 19.9. The summed E-state index contributed by atoms with van der Waals surface area (Å²) in [6.07, 6.45) is 4.84. The van der Waals surface area contributed by atoms with Crippen LogP contribution in [0.25, 0.3) is 0 Å². The number of ether oxygens (including phenoxy) is 1. The summed E-state index contributed by atoms with van der Waals surface area (Å²) in [7, 11) is 0. The van der Waals surface area contributed by atoms with E-state index in [1.807, 2.05) is 36.4 Å². The second-order valence-electron chi connectivity index (χ2n) is 4.04. The molecular formula is C14H17NO2. The van der Waals surface area contributed by atoms with Crippen LogP contribution in [0.2, 0.25) is 0 Å². The zero-order valence-electron chi connectivity index (χ0n) is 10.0. The number of cyclic esters (lactones) is 1. The third-order valence-corrected chi connectivity index (χ3v) is 2.86. The van der Waals surface area contributed by atoms with Crippen LogP contribution < -0.4 is 0 Å². The third kappa shape index (κ3) is 2.67. The van der Waals surface area contributed by atoms with Gasteiger partial charge in [-0.05, 0) is 12.0 Å². The summed E-state index contributed by atoms with van der Waals surface area (Å²) >= 11 is 0. The Kier molecular flexibility index (Phi) is 3.81. The second kappa shape index (κ2) is 5.53. The zero-order valence-corrected chi connectivity index (χ0v) is 10.0. The summed E-state index contributed by atoms with van der Waals surface area (Å²) in [5.74, 6) is 0. The van der Waals surface area contributed by atoms with E-state index in [1.165, 1.54) is 0 Å². The molecule has 1 aliphatic heterocycles. The van der Waals surface area contributed by atoms with Crippen LogP contribution in [-0.4, -0.2) is 24.1 Å². The first kappa shape index (κ1) is 11.7. The lowest BCUT2D eigenvalue weighted by molar-refractivity contribution is 0.160. The first-order valence-electron chi connectivity index (χ1n) is 5.96. The van der Waals surface area contributed by atoms with Crippen LogP contribution in [0.4, 0.5) is 4.79 Å². The minimum absolute atomic E-state index is 0.0465. The Morgan fingerprint density at radius 2 is 2.12 bits per heavy atom. The lowest BCUT2D eigenvalue weighted by Crippen LogP contribution is -2.27. The molecule has 1 aromatic carbocycles. The summed E-state index contributed by atoms with van der Waals surface area (Å²) in [6, 6.07) is 10.1. The van der Waals surface area contributed by atoms with E-state index >= 15 is 0 Å². The SMILES string of the molecule is CCC=CCN1C(=O)OCC1c1ccccc1. The van der Waals surface area contributed by atoms with Crippen molar-refractivity contribution >= 4 is 6.09 Å². The van der Waals surface area contributed by atoms with E-state index < -0.39 is 0 Å². The molecule has 0 spiro atoms. The number of rotatable bonds is 4. The molecule has 1 saturated heterocycles. The van der Waals surface area contributed by atoms with E-state index in [2.05, 4.69) is 13.0 Å². The van der Waals surface area contributed by atoms with Gasteiger partial charge in [-0.15, -0.1) is 0 Å². The lowest BCUT2D eigenvalue weighted by atomic mass is 10.1. The van der Waals surface area contributed by atoms with E-state index in [9.17, 15) is 4.79 Å². The maximum Gasteiger partial charge on any atom is 0.410 e. The van der Waals surface area contributed by atoms with Gasteiger partial charge in [0.15, 0.2) is 0 Å². The molecular weight excluding hydrogens is 214 g/mol. The Morgan fingerprint density at radius 3 is 2.82 bits per heavy atom. The Balaban J connectivity index is 2.11. The second-order valence-corrected chi connectivity index (χ2v) is 4.04. The molecule has 0 aromatic heterocycles. The van der Waals surface area contributed by atoms with Gasteiger partial charge in [0.05, 0.1) is 6.04 Å². The van der Waals surface area contributed by atoms with Gasteiger partial charge in [0.1, 0.15) is 6.61 Å². The van der Waals surface area contributed by atoms with Crippen molar-refractivity contribution in [2.75, 3.05) is 13.2 Å². The van der Waals surface area contributed by atoms with Gasteiger partial charge in [0.2, 0.25) is 0 Å². The monoisotopic (exact) mass is 231 g/mol. The molecule has 17 heavy (non-hydrogen) atoms. The highest BCUT2D eigenvalue weighted by Gasteiger charge is 2.32. The quantitative estimate of drug-likeness (QED) is 0.745. The fraction of sp³-hybridized carbons (Fsp3) is 0.357. The number of hydrogen-bond acceptors (Lipinski definition) is 2. The Hall–Kier alpha value is -1.77. The highest BCUT2D eigenvalue weighted by atomic mass is 16.6. The summed E-state index contributed by atoms with van der Waals surface area (Å²) in [6.45, 7) is 3.14. The lowest BCUT2D eigenvalue weighted by Gasteiger charge is -2.19. The number of allylic oxidation sites excluding steroid dienone is 1. The summed E-state index contributed by atoms with van der Waals surface area (Å²) in [5.41, 5.74) is 1.13. The topological polar surface area (TPSA) is 29.5 Å². The van der Waals surface area contributed by atoms with Crippen LogP contribution >= 0.6 is 0 Å². The van der Waals surface area contributed by atoms with Gasteiger partial charge in [-0.2, -0.15) is 0 Å². The molecule has 3 nitrogen and oxygen atoms in total. The van der Waals surface area contributed by atoms with Gasteiger partial charge >= 0.3 is 6.09 Å². The predicted molar refractivity (Wildman–Crippen MR) is 66.7 cm³/mol. The molecule has 1 atom stereocenters. The standard InChI is InChI=1S/C14H17NO2/c1-2-3-7-10-15-13(11-17-14(15)16)12-8-5-4-6-9-12/h3-9,13H,2,10-11H2,1H3. The van der Waals surface area contributed by atoms with E-state index in [0.717, 1.165) is 12.0 Å². The maximum absolute atomic E-state index is 11.6. The minimum atomic E-state index is -0.223. The molecule has 0 saturated carbocycles. The fourth-order valence-corrected chi connectivity index (χ4v) is 1.96. The molecule has 1 heterocycles. The molecule has 0 bridgehead atoms. The molecule has 1 aliphatic rings. The van der Waals surface area contributed by atoms with Gasteiger partial charge in [-0.25, -0.2) is 4.79 Å². The predicted octanol–water partition coefficient (Wildman–Crippen LogP) is 3.15. The largest absolute Gasteiger partial charge is 0.447 e. The van der Waals surface area contributed by atoms with E-state index in [0.29, 0.717) is 13.2 Å². The van der Waals surface area contributed by atoms with Gasteiger partial charge < -0.3 is 4.74 Å². The van der Waals surface area contributed by atoms with E-state index in [1.54, 1.807) is 4.90 Å². The van der Waals surface area contributed by atoms with Crippen molar-refractivity contribution in [1.29, 1.82) is 0 Å². The average molecular weight is 231 g/mol. The van der Waals surface area contributed by atoms with Gasteiger partial charge in [-0.3, -0.25) is 4.90 Å². The summed E-state index contributed by atoms with van der Waals surface area (Å²) < 4.78 is 5.12. The Morgan fingerprint density at radius 1 is 1.35 bits per heavy atom. The maximum atomic E-state index is 11.6. The third-order valence-electron chi connectivity index (χ3n) is 2.86. The summed E-state index contributed by atoms with van der Waals surface area (Å²) in [4.78, 5) is 13.4. The number of hydrogen-bond donors (Lipinski definition) is 0. The summed E-state index contributed by atoms with van der Waals surface area (Å²) in [5, 5.41) is 0. The van der Waals surface area contributed by atoms with Crippen LogP contribution in [0.1, 0.15) is 24.9 Å². The van der Waals surface area contributed by atoms with Crippen molar-refractivity contribution in [3.63, 3.8) is 0 Å². The average Bonchev–Trinajstić information content (AvgIpc) is 2.73. The van der Waals surface area contributed by atoms with Gasteiger partial charge in [0.25, 0.3) is 0 Å². The molecule has 90 valence electrons. The van der Waals surface area contributed by atoms with Crippen LogP contribution in [-0.2, 0) is 4.74 Å². The highest BCUT2D eigenvalue weighted by Crippen LogP contribution is 2.27. The smallest absolute Gasteiger partial charge is 0.410 e. The number of benzene rings is 1.